The van der Waals surface area contributed by atoms with Crippen molar-refractivity contribution in [3.05, 3.63) is 122 Å². The maximum atomic E-state index is 12.9. The first-order valence-electron chi connectivity index (χ1n) is 34.5. The van der Waals surface area contributed by atoms with Gasteiger partial charge in [0.1, 0.15) is 13.2 Å². The van der Waals surface area contributed by atoms with Gasteiger partial charge in [0.05, 0.1) is 0 Å². The number of esters is 3. The molecule has 0 saturated carbocycles. The first-order chi connectivity index (χ1) is 40.5. The van der Waals surface area contributed by atoms with E-state index < -0.39 is 6.10 Å². The molecule has 0 heterocycles. The summed E-state index contributed by atoms with van der Waals surface area (Å²) in [7, 11) is 0. The number of unbranched alkanes of at least 4 members (excludes halogenated alkanes) is 31. The fourth-order valence-electron chi connectivity index (χ4n) is 9.57. The van der Waals surface area contributed by atoms with E-state index in [2.05, 4.69) is 142 Å². The molecule has 1 atom stereocenters. The molecule has 0 aliphatic heterocycles. The standard InChI is InChI=1S/C76H128O6/c1-4-7-10-13-16-19-22-25-28-31-33-34-35-36-37-38-39-40-41-42-43-46-48-51-54-57-60-63-66-69-75(78)81-72-73(71-80-74(77)68-65-62-59-56-53-50-47-44-30-27-24-21-18-15-12-9-6-3)82-76(79)70-67-64-61-58-55-52-49-45-32-29-26-23-20-17-14-11-8-5-2/h7,9-10,12,16,18-21,23,25,27-30,32-34,47,50,73H,4-6,8,11,13-15,17,22,24,26,31,35-46,48-49,51-72H2,1-3H3/b10-7-,12-9-,19-16-,21-18-,23-20-,28-25-,30-27-,32-29-,34-33-,50-47-. The molecule has 0 spiro atoms. The van der Waals surface area contributed by atoms with Crippen LogP contribution in [-0.2, 0) is 28.6 Å². The van der Waals surface area contributed by atoms with Crippen LogP contribution in [0.2, 0.25) is 0 Å². The zero-order valence-electron chi connectivity index (χ0n) is 53.7. The molecule has 0 bridgehead atoms. The third-order valence-electron chi connectivity index (χ3n) is 14.7. The van der Waals surface area contributed by atoms with E-state index in [4.69, 9.17) is 14.2 Å². The molecule has 0 N–H and O–H groups in total. The summed E-state index contributed by atoms with van der Waals surface area (Å²) in [5.74, 6) is -0.911. The van der Waals surface area contributed by atoms with Gasteiger partial charge in [0.15, 0.2) is 6.10 Å². The molecule has 6 heteroatoms. The SMILES string of the molecule is CC/C=C\C/C=C\C/C=C\C/C=C\CCCCCCCCCCCCCCCCCCC(=O)OCC(COC(=O)CCCCCC/C=C\C/C=C\C/C=C\C/C=C\CC)OC(=O)CCCCCCCCC/C=C\C/C=C\CCCCCC. The van der Waals surface area contributed by atoms with Crippen LogP contribution >= 0.6 is 0 Å². The highest BCUT2D eigenvalue weighted by molar-refractivity contribution is 5.71. The zero-order chi connectivity index (χ0) is 59.2. The second-order valence-electron chi connectivity index (χ2n) is 22.7. The van der Waals surface area contributed by atoms with E-state index in [0.29, 0.717) is 19.3 Å². The van der Waals surface area contributed by atoms with Gasteiger partial charge < -0.3 is 14.2 Å². The van der Waals surface area contributed by atoms with E-state index in [9.17, 15) is 14.4 Å². The number of hydrogen-bond donors (Lipinski definition) is 0. The Morgan fingerprint density at radius 1 is 0.256 bits per heavy atom. The third kappa shape index (κ3) is 66.6. The fourth-order valence-corrected chi connectivity index (χ4v) is 9.57. The molecule has 0 amide bonds. The Labute approximate surface area is 507 Å². The summed E-state index contributed by atoms with van der Waals surface area (Å²) in [5, 5.41) is 0. The van der Waals surface area contributed by atoms with E-state index in [1.165, 1.54) is 148 Å². The molecule has 0 aliphatic carbocycles. The second kappa shape index (κ2) is 69.3. The monoisotopic (exact) mass is 1140 g/mol. The van der Waals surface area contributed by atoms with Crippen LogP contribution in [0.1, 0.15) is 323 Å². The number of ether oxygens (including phenoxy) is 3. The van der Waals surface area contributed by atoms with Crippen LogP contribution < -0.4 is 0 Å². The van der Waals surface area contributed by atoms with E-state index in [1.54, 1.807) is 0 Å². The van der Waals surface area contributed by atoms with Crippen molar-refractivity contribution in [2.75, 3.05) is 13.2 Å². The maximum Gasteiger partial charge on any atom is 0.306 e. The summed E-state index contributed by atoms with van der Waals surface area (Å²) < 4.78 is 17.0. The Bertz CT molecular complexity index is 1690. The minimum absolute atomic E-state index is 0.0894. The lowest BCUT2D eigenvalue weighted by Crippen LogP contribution is -2.30. The van der Waals surface area contributed by atoms with Gasteiger partial charge >= 0.3 is 17.9 Å². The van der Waals surface area contributed by atoms with Crippen molar-refractivity contribution < 1.29 is 28.6 Å². The summed E-state index contributed by atoms with van der Waals surface area (Å²) in [6, 6.07) is 0. The highest BCUT2D eigenvalue weighted by Gasteiger charge is 2.19. The molecule has 82 heavy (non-hydrogen) atoms. The van der Waals surface area contributed by atoms with Crippen molar-refractivity contribution >= 4 is 17.9 Å². The molecule has 0 radical (unpaired) electrons. The molecule has 468 valence electrons. The second-order valence-corrected chi connectivity index (χ2v) is 22.7. The molecule has 0 aromatic carbocycles. The molecule has 0 aromatic rings. The smallest absolute Gasteiger partial charge is 0.306 e. The lowest BCUT2D eigenvalue weighted by Gasteiger charge is -2.18. The number of allylic oxidation sites excluding steroid dienone is 20. The topological polar surface area (TPSA) is 78.9 Å². The third-order valence-corrected chi connectivity index (χ3v) is 14.7. The van der Waals surface area contributed by atoms with Crippen molar-refractivity contribution in [1.29, 1.82) is 0 Å². The van der Waals surface area contributed by atoms with Gasteiger partial charge in [-0.15, -0.1) is 0 Å². The zero-order valence-corrected chi connectivity index (χ0v) is 53.7. The van der Waals surface area contributed by atoms with Crippen LogP contribution in [0.25, 0.3) is 0 Å². The van der Waals surface area contributed by atoms with Crippen LogP contribution in [0.15, 0.2) is 122 Å². The van der Waals surface area contributed by atoms with Crippen LogP contribution in [0.3, 0.4) is 0 Å². The Kier molecular flexibility index (Phi) is 65.8. The molecule has 6 nitrogen and oxygen atoms in total. The van der Waals surface area contributed by atoms with Gasteiger partial charge in [-0.05, 0) is 128 Å². The molecule has 0 rings (SSSR count). The maximum absolute atomic E-state index is 12.9. The Balaban J connectivity index is 4.32. The van der Waals surface area contributed by atoms with E-state index >= 15 is 0 Å². The van der Waals surface area contributed by atoms with Gasteiger partial charge in [0.2, 0.25) is 0 Å². The molecule has 0 aromatic heterocycles. The Hall–Kier alpha value is -4.19. The predicted octanol–water partition coefficient (Wildman–Crippen LogP) is 23.9. The summed E-state index contributed by atoms with van der Waals surface area (Å²) in [4.78, 5) is 38.4. The fraction of sp³-hybridized carbons (Fsp3) is 0.697. The molecular formula is C76H128O6. The lowest BCUT2D eigenvalue weighted by atomic mass is 10.0. The summed E-state index contributed by atoms with van der Waals surface area (Å²) in [5.41, 5.74) is 0. The van der Waals surface area contributed by atoms with Crippen molar-refractivity contribution in [2.45, 2.75) is 329 Å². The van der Waals surface area contributed by atoms with Gasteiger partial charge in [-0.2, -0.15) is 0 Å². The molecule has 0 aliphatic rings. The first-order valence-corrected chi connectivity index (χ1v) is 34.5. The Morgan fingerprint density at radius 3 is 0.744 bits per heavy atom. The van der Waals surface area contributed by atoms with Crippen LogP contribution in [0, 0.1) is 0 Å². The molecule has 0 saturated heterocycles. The van der Waals surface area contributed by atoms with Gasteiger partial charge in [0.25, 0.3) is 0 Å². The predicted molar refractivity (Wildman–Crippen MR) is 357 cm³/mol. The van der Waals surface area contributed by atoms with Crippen molar-refractivity contribution in [3.8, 4) is 0 Å². The minimum atomic E-state index is -0.796. The average Bonchev–Trinajstić information content (AvgIpc) is 3.47. The molecule has 0 fully saturated rings. The Morgan fingerprint density at radius 2 is 0.476 bits per heavy atom. The van der Waals surface area contributed by atoms with Crippen molar-refractivity contribution in [2.24, 2.45) is 0 Å². The summed E-state index contributed by atoms with van der Waals surface area (Å²) in [6.07, 6.45) is 96.5. The normalized spacial score (nSPS) is 12.9. The average molecular weight is 1140 g/mol. The van der Waals surface area contributed by atoms with Crippen LogP contribution in [0.4, 0.5) is 0 Å². The first kappa shape index (κ1) is 77.8. The van der Waals surface area contributed by atoms with E-state index in [0.717, 1.165) is 135 Å². The van der Waals surface area contributed by atoms with E-state index in [1.807, 2.05) is 0 Å². The van der Waals surface area contributed by atoms with Crippen molar-refractivity contribution in [3.63, 3.8) is 0 Å². The highest BCUT2D eigenvalue weighted by Crippen LogP contribution is 2.17. The van der Waals surface area contributed by atoms with Gasteiger partial charge in [-0.3, -0.25) is 14.4 Å². The summed E-state index contributed by atoms with van der Waals surface area (Å²) >= 11 is 0. The van der Waals surface area contributed by atoms with Gasteiger partial charge in [0, 0.05) is 19.3 Å². The molecular weight excluding hydrogens is 1010 g/mol. The lowest BCUT2D eigenvalue weighted by molar-refractivity contribution is -0.167. The quantitative estimate of drug-likeness (QED) is 0.0261. The molecule has 1 unspecified atom stereocenters. The number of rotatable bonds is 62. The van der Waals surface area contributed by atoms with Gasteiger partial charge in [-0.1, -0.05) is 296 Å². The number of carbonyl (C=O) groups excluding carboxylic acids is 3. The van der Waals surface area contributed by atoms with Gasteiger partial charge in [-0.25, -0.2) is 0 Å². The number of hydrogen-bond acceptors (Lipinski definition) is 6. The van der Waals surface area contributed by atoms with Crippen molar-refractivity contribution in [1.82, 2.24) is 0 Å². The minimum Gasteiger partial charge on any atom is -0.462 e. The highest BCUT2D eigenvalue weighted by atomic mass is 16.6. The largest absolute Gasteiger partial charge is 0.462 e. The van der Waals surface area contributed by atoms with E-state index in [-0.39, 0.29) is 31.1 Å². The van der Waals surface area contributed by atoms with Crippen LogP contribution in [-0.4, -0.2) is 37.2 Å². The number of carbonyl (C=O) groups is 3. The van der Waals surface area contributed by atoms with Crippen LogP contribution in [0.5, 0.6) is 0 Å². The summed E-state index contributed by atoms with van der Waals surface area (Å²) in [6.45, 7) is 6.40.